The number of ether oxygens (including phenoxy) is 4. The zero-order chi connectivity index (χ0) is 45.1. The molecule has 1 aromatic carbocycles. The average molecular weight is 864 g/mol. The lowest BCUT2D eigenvalue weighted by Crippen LogP contribution is -2.42. The Bertz CT molecular complexity index is 1460. The first-order valence-electron chi connectivity index (χ1n) is 18.8. The molecule has 5 atom stereocenters. The molecule has 0 radical (unpaired) electrons. The standard InChI is InChI=1S/C19H22O7.C11H24O3Si.C6H15ClSi.C5H10O3/c1-11-6-7-15(21)18(23)14(20)5-3-4-12-8-13(25-2)9-16(22)17(12)19(24)26-10-11;1-9(10(12)13-5)8-14-15(6,7)11(2,3)4;1-6(2,3)8(4,5)7;1-4(3-6)5(7)8-2/h3-4,6-9,11,14,18,20,22-23H,5,10H2,1-2H3;9H,8H2,1-7H3;1-5H3;4,6H,3H2,1-2H3/b4-3+,7-6-;;;/t11-,14+,18?;9-;;4-/m10.0/s1. The Morgan fingerprint density at radius 1 is 0.912 bits per heavy atom. The molecule has 0 aliphatic carbocycles. The van der Waals surface area contributed by atoms with Crippen LogP contribution in [0.15, 0.2) is 30.4 Å². The number of ketones is 1. The van der Waals surface area contributed by atoms with Gasteiger partial charge >= 0.3 is 17.9 Å². The van der Waals surface area contributed by atoms with Crippen molar-refractivity contribution in [3.8, 4) is 11.5 Å². The van der Waals surface area contributed by atoms with E-state index in [4.69, 9.17) is 30.1 Å². The summed E-state index contributed by atoms with van der Waals surface area (Å²) < 4.78 is 25.2. The number of cyclic esters (lactones) is 1. The predicted octanol–water partition coefficient (Wildman–Crippen LogP) is 7.29. The number of hydrogen-bond donors (Lipinski definition) is 4. The van der Waals surface area contributed by atoms with E-state index in [9.17, 15) is 34.5 Å². The van der Waals surface area contributed by atoms with Crippen molar-refractivity contribution in [2.24, 2.45) is 17.8 Å². The van der Waals surface area contributed by atoms with Crippen LogP contribution in [0.4, 0.5) is 0 Å². The van der Waals surface area contributed by atoms with Crippen LogP contribution < -0.4 is 4.74 Å². The van der Waals surface area contributed by atoms with Crippen LogP contribution in [0.2, 0.25) is 36.3 Å². The summed E-state index contributed by atoms with van der Waals surface area (Å²) in [5, 5.41) is 38.9. The third-order valence-corrected chi connectivity index (χ3v) is 19.5. The Morgan fingerprint density at radius 3 is 1.84 bits per heavy atom. The third kappa shape index (κ3) is 21.0. The van der Waals surface area contributed by atoms with Crippen molar-refractivity contribution in [1.82, 2.24) is 0 Å². The van der Waals surface area contributed by atoms with E-state index in [2.05, 4.69) is 77.2 Å². The van der Waals surface area contributed by atoms with E-state index in [1.165, 1.54) is 51.7 Å². The topological polar surface area (TPSA) is 195 Å². The number of carbonyl (C=O) groups excluding carboxylic acids is 4. The zero-order valence-corrected chi connectivity index (χ0v) is 39.8. The van der Waals surface area contributed by atoms with Crippen molar-refractivity contribution in [2.45, 2.75) is 117 Å². The average Bonchev–Trinajstić information content (AvgIpc) is 3.12. The summed E-state index contributed by atoms with van der Waals surface area (Å²) in [4.78, 5) is 45.8. The summed E-state index contributed by atoms with van der Waals surface area (Å²) in [6, 6.07) is 2.84. The van der Waals surface area contributed by atoms with Gasteiger partial charge in [-0.25, -0.2) is 4.79 Å². The number of aliphatic hydroxyl groups is 3. The minimum atomic E-state index is -1.73. The quantitative estimate of drug-likeness (QED) is 0.0925. The second kappa shape index (κ2) is 25.4. The SMILES string of the molecule is CC(C)(C)[Si](C)(C)Cl.COC(=O)[C@@H](C)CO.COC(=O)[C@@H](C)CO[Si](C)(C)C(C)(C)C.COc1cc(O)c2c(c1)/C=C/C[C@H](O)C(O)C(=O)/C=C\[C@@H](C)COC2=O. The second-order valence-corrected chi connectivity index (χ2v) is 29.0. The highest BCUT2D eigenvalue weighted by molar-refractivity contribution is 7.20. The second-order valence-electron chi connectivity index (χ2n) is 16.9. The van der Waals surface area contributed by atoms with Crippen LogP contribution in [0.5, 0.6) is 11.5 Å². The number of esters is 3. The molecular formula is C41H71ClO13Si2. The number of aliphatic hydroxyl groups excluding tert-OH is 3. The molecule has 1 aliphatic heterocycles. The molecule has 0 spiro atoms. The molecule has 16 heteroatoms. The van der Waals surface area contributed by atoms with Gasteiger partial charge in [0, 0.05) is 18.6 Å². The van der Waals surface area contributed by atoms with E-state index in [0.717, 1.165) is 6.08 Å². The smallest absolute Gasteiger partial charge is 0.342 e. The van der Waals surface area contributed by atoms with Gasteiger partial charge in [0.1, 0.15) is 23.2 Å². The van der Waals surface area contributed by atoms with E-state index >= 15 is 0 Å². The molecule has 4 N–H and O–H groups in total. The monoisotopic (exact) mass is 862 g/mol. The number of carbonyl (C=O) groups is 4. The Labute approximate surface area is 347 Å². The van der Waals surface area contributed by atoms with Gasteiger partial charge in [0.15, 0.2) is 21.5 Å². The van der Waals surface area contributed by atoms with Gasteiger partial charge in [0.25, 0.3) is 0 Å². The first kappa shape index (κ1) is 56.0. The summed E-state index contributed by atoms with van der Waals surface area (Å²) in [5.74, 6) is -2.72. The van der Waals surface area contributed by atoms with Crippen LogP contribution in [0.1, 0.15) is 84.7 Å². The highest BCUT2D eigenvalue weighted by Crippen LogP contribution is 2.38. The number of hydrogen-bond acceptors (Lipinski definition) is 13. The molecule has 57 heavy (non-hydrogen) atoms. The fraction of sp³-hybridized carbons (Fsp3) is 0.659. The predicted molar refractivity (Wildman–Crippen MR) is 230 cm³/mol. The van der Waals surface area contributed by atoms with Gasteiger partial charge in [-0.3, -0.25) is 14.4 Å². The maximum atomic E-state index is 12.4. The summed E-state index contributed by atoms with van der Waals surface area (Å²) in [6.45, 7) is 27.3. The van der Waals surface area contributed by atoms with Crippen LogP contribution in [0.3, 0.4) is 0 Å². The Morgan fingerprint density at radius 2 is 1.42 bits per heavy atom. The van der Waals surface area contributed by atoms with Gasteiger partial charge in [0.05, 0.1) is 52.5 Å². The number of halogens is 1. The first-order valence-corrected chi connectivity index (χ1v) is 25.8. The summed E-state index contributed by atoms with van der Waals surface area (Å²) in [7, 11) is 1.01. The molecule has 0 fully saturated rings. The molecule has 1 unspecified atom stereocenters. The Balaban J connectivity index is 0. The van der Waals surface area contributed by atoms with Gasteiger partial charge in [-0.1, -0.05) is 79.8 Å². The first-order chi connectivity index (χ1) is 25.9. The molecule has 0 amide bonds. The fourth-order valence-corrected chi connectivity index (χ4v) is 4.63. The largest absolute Gasteiger partial charge is 0.507 e. The number of phenolic OH excluding ortho intramolecular Hbond substituents is 1. The van der Waals surface area contributed by atoms with Crippen molar-refractivity contribution in [3.05, 3.63) is 41.5 Å². The maximum absolute atomic E-state index is 12.4. The Kier molecular flexibility index (Phi) is 25.0. The number of aromatic hydroxyl groups is 1. The number of benzene rings is 1. The summed E-state index contributed by atoms with van der Waals surface area (Å²) in [6.07, 6.45) is 2.76. The fourth-order valence-electron chi connectivity index (χ4n) is 3.53. The lowest BCUT2D eigenvalue weighted by atomic mass is 10.0. The lowest BCUT2D eigenvalue weighted by Gasteiger charge is -2.36. The van der Waals surface area contributed by atoms with Crippen LogP contribution in [0, 0.1) is 17.8 Å². The van der Waals surface area contributed by atoms with Crippen LogP contribution in [-0.2, 0) is 33.0 Å². The van der Waals surface area contributed by atoms with Crippen molar-refractivity contribution in [2.75, 3.05) is 41.2 Å². The summed E-state index contributed by atoms with van der Waals surface area (Å²) in [5.41, 5.74) is 0.307. The molecule has 2 rings (SSSR count). The molecule has 0 aromatic heterocycles. The van der Waals surface area contributed by atoms with Crippen molar-refractivity contribution in [3.63, 3.8) is 0 Å². The van der Waals surface area contributed by atoms with E-state index in [0.29, 0.717) is 23.0 Å². The van der Waals surface area contributed by atoms with Gasteiger partial charge in [-0.2, -0.15) is 11.1 Å². The number of phenols is 1. The molecule has 1 aromatic rings. The molecule has 328 valence electrons. The minimum Gasteiger partial charge on any atom is -0.507 e. The third-order valence-electron chi connectivity index (χ3n) is 9.72. The molecule has 13 nitrogen and oxygen atoms in total. The number of rotatable bonds is 7. The van der Waals surface area contributed by atoms with Gasteiger partial charge in [-0.15, -0.1) is 0 Å². The normalized spacial score (nSPS) is 20.0. The van der Waals surface area contributed by atoms with Crippen molar-refractivity contribution in [1.29, 1.82) is 0 Å². The van der Waals surface area contributed by atoms with Gasteiger partial charge in [0.2, 0.25) is 0 Å². The van der Waals surface area contributed by atoms with Crippen molar-refractivity contribution >= 4 is 56.5 Å². The molecule has 0 bridgehead atoms. The highest BCUT2D eigenvalue weighted by atomic mass is 35.6. The van der Waals surface area contributed by atoms with E-state index in [1.807, 2.05) is 6.92 Å². The zero-order valence-electron chi connectivity index (χ0n) is 37.0. The molecular weight excluding hydrogens is 792 g/mol. The van der Waals surface area contributed by atoms with Gasteiger partial charge in [-0.05, 0) is 61.1 Å². The van der Waals surface area contributed by atoms with Crippen LogP contribution in [0.25, 0.3) is 6.08 Å². The number of fused-ring (bicyclic) bond motifs is 1. The van der Waals surface area contributed by atoms with Crippen LogP contribution >= 0.6 is 11.1 Å². The molecule has 0 saturated heterocycles. The van der Waals surface area contributed by atoms with E-state index in [-0.39, 0.29) is 65.7 Å². The van der Waals surface area contributed by atoms with E-state index in [1.54, 1.807) is 13.8 Å². The molecule has 1 heterocycles. The molecule has 1 aliphatic rings. The maximum Gasteiger partial charge on any atom is 0.342 e. The number of methoxy groups -OCH3 is 3. The summed E-state index contributed by atoms with van der Waals surface area (Å²) >= 11 is 6.15. The van der Waals surface area contributed by atoms with Gasteiger partial charge < -0.3 is 43.8 Å². The molecule has 0 saturated carbocycles. The lowest BCUT2D eigenvalue weighted by molar-refractivity contribution is -0.146. The highest BCUT2D eigenvalue weighted by Gasteiger charge is 2.38. The van der Waals surface area contributed by atoms with E-state index < -0.39 is 39.7 Å². The van der Waals surface area contributed by atoms with Crippen molar-refractivity contribution < 1.29 is 63.0 Å². The minimum absolute atomic E-state index is 0.0180. The van der Waals surface area contributed by atoms with Crippen LogP contribution in [-0.4, -0.2) is 113 Å². The Hall–Kier alpha value is -3.06.